The van der Waals surface area contributed by atoms with Gasteiger partial charge in [-0.3, -0.25) is 0 Å². The van der Waals surface area contributed by atoms with Gasteiger partial charge in [-0.25, -0.2) is 0 Å². The second kappa shape index (κ2) is 5.15. The summed E-state index contributed by atoms with van der Waals surface area (Å²) >= 11 is 0. The molecule has 0 bridgehead atoms. The van der Waals surface area contributed by atoms with Gasteiger partial charge >= 0.3 is 7.12 Å². The van der Waals surface area contributed by atoms with E-state index in [1.165, 1.54) is 0 Å². The SMILES string of the molecule is CC1(C)OB(c2ccc(OCCO)cc2)OC1(C)C. The van der Waals surface area contributed by atoms with Crippen LogP contribution >= 0.6 is 0 Å². The molecule has 5 heteroatoms. The molecular weight excluding hydrogens is 243 g/mol. The zero-order valence-corrected chi connectivity index (χ0v) is 12.0. The lowest BCUT2D eigenvalue weighted by atomic mass is 9.79. The minimum Gasteiger partial charge on any atom is -0.491 e. The molecule has 1 saturated heterocycles. The molecule has 0 aromatic heterocycles. The fourth-order valence-electron chi connectivity index (χ4n) is 1.86. The van der Waals surface area contributed by atoms with Gasteiger partial charge in [0.05, 0.1) is 17.8 Å². The number of aliphatic hydroxyl groups excluding tert-OH is 1. The number of benzene rings is 1. The van der Waals surface area contributed by atoms with Gasteiger partial charge in [0.2, 0.25) is 0 Å². The summed E-state index contributed by atoms with van der Waals surface area (Å²) in [5.74, 6) is 0.731. The molecule has 0 amide bonds. The van der Waals surface area contributed by atoms with Gasteiger partial charge in [-0.1, -0.05) is 12.1 Å². The first-order valence-electron chi connectivity index (χ1n) is 6.55. The summed E-state index contributed by atoms with van der Waals surface area (Å²) in [6, 6.07) is 7.57. The van der Waals surface area contributed by atoms with Crippen LogP contribution in [-0.4, -0.2) is 36.6 Å². The first-order chi connectivity index (χ1) is 8.86. The van der Waals surface area contributed by atoms with Gasteiger partial charge in [-0.05, 0) is 45.3 Å². The third-order valence-corrected chi connectivity index (χ3v) is 3.77. The zero-order valence-electron chi connectivity index (χ0n) is 12.0. The van der Waals surface area contributed by atoms with Crippen LogP contribution in [0.2, 0.25) is 0 Å². The van der Waals surface area contributed by atoms with Gasteiger partial charge in [-0.15, -0.1) is 0 Å². The third kappa shape index (κ3) is 2.94. The summed E-state index contributed by atoms with van der Waals surface area (Å²) in [7, 11) is -0.350. The van der Waals surface area contributed by atoms with Crippen LogP contribution in [0.5, 0.6) is 5.75 Å². The zero-order chi connectivity index (χ0) is 14.1. The molecule has 1 N–H and O–H groups in total. The minimum atomic E-state index is -0.350. The van der Waals surface area contributed by atoms with E-state index in [2.05, 4.69) is 0 Å². The van der Waals surface area contributed by atoms with E-state index in [0.717, 1.165) is 11.2 Å². The van der Waals surface area contributed by atoms with Crippen LogP contribution in [0.4, 0.5) is 0 Å². The molecule has 4 nitrogen and oxygen atoms in total. The molecule has 0 radical (unpaired) electrons. The number of hydrogen-bond acceptors (Lipinski definition) is 4. The van der Waals surface area contributed by atoms with Crippen molar-refractivity contribution in [3.63, 3.8) is 0 Å². The molecule has 19 heavy (non-hydrogen) atoms. The van der Waals surface area contributed by atoms with E-state index in [9.17, 15) is 0 Å². The van der Waals surface area contributed by atoms with E-state index in [-0.39, 0.29) is 24.9 Å². The van der Waals surface area contributed by atoms with Crippen molar-refractivity contribution in [1.82, 2.24) is 0 Å². The number of ether oxygens (including phenoxy) is 1. The predicted molar refractivity (Wildman–Crippen MR) is 74.7 cm³/mol. The van der Waals surface area contributed by atoms with Crippen molar-refractivity contribution in [2.24, 2.45) is 0 Å². The monoisotopic (exact) mass is 264 g/mol. The maximum absolute atomic E-state index is 8.71. The van der Waals surface area contributed by atoms with E-state index >= 15 is 0 Å². The van der Waals surface area contributed by atoms with E-state index in [1.54, 1.807) is 0 Å². The standard InChI is InChI=1S/C14H21BO4/c1-13(2)14(3,4)19-15(18-13)11-5-7-12(8-6-11)17-10-9-16/h5-8,16H,9-10H2,1-4H3. The Morgan fingerprint density at radius 2 is 1.58 bits per heavy atom. The third-order valence-electron chi connectivity index (χ3n) is 3.77. The van der Waals surface area contributed by atoms with Crippen LogP contribution in [0, 0.1) is 0 Å². The minimum absolute atomic E-state index is 0.0129. The number of aliphatic hydroxyl groups is 1. The summed E-state index contributed by atoms with van der Waals surface area (Å²) in [5.41, 5.74) is 0.308. The van der Waals surface area contributed by atoms with Crippen molar-refractivity contribution in [3.05, 3.63) is 24.3 Å². The largest absolute Gasteiger partial charge is 0.494 e. The lowest BCUT2D eigenvalue weighted by Crippen LogP contribution is -2.41. The maximum atomic E-state index is 8.71. The Hall–Kier alpha value is -1.04. The van der Waals surface area contributed by atoms with Crippen LogP contribution in [0.15, 0.2) is 24.3 Å². The van der Waals surface area contributed by atoms with E-state index in [0.29, 0.717) is 6.61 Å². The first kappa shape index (κ1) is 14.4. The number of rotatable bonds is 4. The van der Waals surface area contributed by atoms with E-state index < -0.39 is 0 Å². The van der Waals surface area contributed by atoms with Crippen molar-refractivity contribution in [2.75, 3.05) is 13.2 Å². The molecule has 1 heterocycles. The molecule has 1 aliphatic heterocycles. The highest BCUT2D eigenvalue weighted by atomic mass is 16.7. The predicted octanol–water partition coefficient (Wildman–Crippen LogP) is 1.36. The Bertz CT molecular complexity index is 412. The highest BCUT2D eigenvalue weighted by Gasteiger charge is 2.51. The van der Waals surface area contributed by atoms with Crippen LogP contribution in [-0.2, 0) is 9.31 Å². The van der Waals surface area contributed by atoms with Gasteiger partial charge < -0.3 is 19.2 Å². The highest BCUT2D eigenvalue weighted by Crippen LogP contribution is 2.36. The van der Waals surface area contributed by atoms with Crippen molar-refractivity contribution in [3.8, 4) is 5.75 Å². The lowest BCUT2D eigenvalue weighted by molar-refractivity contribution is 0.00578. The fraction of sp³-hybridized carbons (Fsp3) is 0.571. The van der Waals surface area contributed by atoms with Crippen LogP contribution < -0.4 is 10.2 Å². The summed E-state index contributed by atoms with van der Waals surface area (Å²) in [6.07, 6.45) is 0. The Balaban J connectivity index is 2.08. The van der Waals surface area contributed by atoms with Crippen LogP contribution in [0.1, 0.15) is 27.7 Å². The van der Waals surface area contributed by atoms with Crippen molar-refractivity contribution in [2.45, 2.75) is 38.9 Å². The molecule has 0 unspecified atom stereocenters. The maximum Gasteiger partial charge on any atom is 0.494 e. The van der Waals surface area contributed by atoms with Crippen molar-refractivity contribution in [1.29, 1.82) is 0 Å². The quantitative estimate of drug-likeness (QED) is 0.834. The molecular formula is C14H21BO4. The molecule has 0 atom stereocenters. The Kier molecular flexibility index (Phi) is 3.90. The van der Waals surface area contributed by atoms with E-state index in [4.69, 9.17) is 19.2 Å². The second-order valence-corrected chi connectivity index (χ2v) is 5.73. The number of hydrogen-bond donors (Lipinski definition) is 1. The summed E-state index contributed by atoms with van der Waals surface area (Å²) in [6.45, 7) is 8.45. The highest BCUT2D eigenvalue weighted by molar-refractivity contribution is 6.62. The Morgan fingerprint density at radius 3 is 2.05 bits per heavy atom. The average Bonchev–Trinajstić information content (AvgIpc) is 2.56. The second-order valence-electron chi connectivity index (χ2n) is 5.73. The molecule has 0 aliphatic carbocycles. The van der Waals surface area contributed by atoms with Gasteiger partial charge in [0, 0.05) is 0 Å². The molecule has 1 aliphatic rings. The smallest absolute Gasteiger partial charge is 0.491 e. The van der Waals surface area contributed by atoms with Gasteiger partial charge in [0.1, 0.15) is 12.4 Å². The summed E-state index contributed by atoms with van der Waals surface area (Å²) in [4.78, 5) is 0. The normalized spacial score (nSPS) is 20.6. The van der Waals surface area contributed by atoms with Crippen LogP contribution in [0.25, 0.3) is 0 Å². The van der Waals surface area contributed by atoms with Gasteiger partial charge in [-0.2, -0.15) is 0 Å². The van der Waals surface area contributed by atoms with Gasteiger partial charge in [0.25, 0.3) is 0 Å². The molecule has 1 aromatic carbocycles. The molecule has 0 spiro atoms. The average molecular weight is 264 g/mol. The van der Waals surface area contributed by atoms with Gasteiger partial charge in [0.15, 0.2) is 0 Å². The topological polar surface area (TPSA) is 47.9 Å². The van der Waals surface area contributed by atoms with Crippen molar-refractivity contribution >= 4 is 12.6 Å². The Morgan fingerprint density at radius 1 is 1.05 bits per heavy atom. The van der Waals surface area contributed by atoms with E-state index in [1.807, 2.05) is 52.0 Å². The fourth-order valence-corrected chi connectivity index (χ4v) is 1.86. The van der Waals surface area contributed by atoms with Crippen molar-refractivity contribution < 1.29 is 19.2 Å². The Labute approximate surface area is 114 Å². The summed E-state index contributed by atoms with van der Waals surface area (Å²) < 4.78 is 17.3. The molecule has 2 rings (SSSR count). The molecule has 104 valence electrons. The van der Waals surface area contributed by atoms with Crippen LogP contribution in [0.3, 0.4) is 0 Å². The molecule has 0 saturated carbocycles. The first-order valence-corrected chi connectivity index (χ1v) is 6.55. The lowest BCUT2D eigenvalue weighted by Gasteiger charge is -2.32. The summed E-state index contributed by atoms with van der Waals surface area (Å²) in [5, 5.41) is 8.71. The molecule has 1 fully saturated rings. The molecule has 1 aromatic rings.